The van der Waals surface area contributed by atoms with Crippen molar-refractivity contribution in [3.63, 3.8) is 0 Å². The Bertz CT molecular complexity index is 883. The molecule has 0 unspecified atom stereocenters. The zero-order valence-electron chi connectivity index (χ0n) is 16.7. The molecule has 1 heterocycles. The number of ether oxygens (including phenoxy) is 3. The standard InChI is InChI=1S/C23H25NO5/c1-27-21-7-5-6-18(23(21)28-2)10-13-20(25)17-8-11-19(12-9-17)29-16-22(26)24-14-3-4-15-24/h5-13H,3-4,14-16H2,1-2H3. The van der Waals surface area contributed by atoms with Gasteiger partial charge in [0, 0.05) is 24.2 Å². The van der Waals surface area contributed by atoms with Gasteiger partial charge >= 0.3 is 0 Å². The van der Waals surface area contributed by atoms with Gasteiger partial charge in [0.25, 0.3) is 5.91 Å². The lowest BCUT2D eigenvalue weighted by atomic mass is 10.1. The van der Waals surface area contributed by atoms with E-state index in [0.717, 1.165) is 31.5 Å². The quantitative estimate of drug-likeness (QED) is 0.505. The van der Waals surface area contributed by atoms with Crippen molar-refractivity contribution in [3.8, 4) is 17.2 Å². The number of likely N-dealkylation sites (tertiary alicyclic amines) is 1. The highest BCUT2D eigenvalue weighted by atomic mass is 16.5. The third kappa shape index (κ3) is 5.16. The molecule has 0 saturated carbocycles. The first-order valence-electron chi connectivity index (χ1n) is 9.56. The SMILES string of the molecule is COc1cccc(C=CC(=O)c2ccc(OCC(=O)N3CCCC3)cc2)c1OC. The lowest BCUT2D eigenvalue weighted by Crippen LogP contribution is -2.32. The summed E-state index contributed by atoms with van der Waals surface area (Å²) in [6, 6.07) is 12.2. The molecule has 0 radical (unpaired) electrons. The van der Waals surface area contributed by atoms with E-state index in [1.165, 1.54) is 6.08 Å². The third-order valence-electron chi connectivity index (χ3n) is 4.81. The molecule has 29 heavy (non-hydrogen) atoms. The molecule has 1 amide bonds. The molecule has 2 aromatic carbocycles. The van der Waals surface area contributed by atoms with Crippen LogP contribution in [0.15, 0.2) is 48.5 Å². The van der Waals surface area contributed by atoms with Gasteiger partial charge in [-0.1, -0.05) is 12.1 Å². The molecule has 0 bridgehead atoms. The van der Waals surface area contributed by atoms with Gasteiger partial charge in [-0.15, -0.1) is 0 Å². The van der Waals surface area contributed by atoms with Crippen molar-refractivity contribution in [2.45, 2.75) is 12.8 Å². The van der Waals surface area contributed by atoms with Crippen molar-refractivity contribution in [3.05, 3.63) is 59.7 Å². The van der Waals surface area contributed by atoms with Crippen molar-refractivity contribution in [2.24, 2.45) is 0 Å². The second-order valence-corrected chi connectivity index (χ2v) is 6.68. The molecule has 2 aromatic rings. The van der Waals surface area contributed by atoms with Gasteiger partial charge < -0.3 is 19.1 Å². The number of benzene rings is 2. The fourth-order valence-corrected chi connectivity index (χ4v) is 3.22. The summed E-state index contributed by atoms with van der Waals surface area (Å²) in [6.07, 6.45) is 5.29. The summed E-state index contributed by atoms with van der Waals surface area (Å²) in [5.74, 6) is 1.59. The highest BCUT2D eigenvalue weighted by Crippen LogP contribution is 2.31. The number of allylic oxidation sites excluding steroid dienone is 1. The van der Waals surface area contributed by atoms with Gasteiger partial charge in [0.1, 0.15) is 5.75 Å². The molecule has 1 saturated heterocycles. The van der Waals surface area contributed by atoms with E-state index in [9.17, 15) is 9.59 Å². The Hall–Kier alpha value is -3.28. The smallest absolute Gasteiger partial charge is 0.260 e. The molecular formula is C23H25NO5. The first-order chi connectivity index (χ1) is 14.1. The number of nitrogens with zero attached hydrogens (tertiary/aromatic N) is 1. The second-order valence-electron chi connectivity index (χ2n) is 6.68. The van der Waals surface area contributed by atoms with Crippen LogP contribution in [0.5, 0.6) is 17.2 Å². The minimum absolute atomic E-state index is 0.00202. The topological polar surface area (TPSA) is 65.1 Å². The van der Waals surface area contributed by atoms with Crippen molar-refractivity contribution in [1.29, 1.82) is 0 Å². The summed E-state index contributed by atoms with van der Waals surface area (Å²) in [5, 5.41) is 0. The molecule has 1 fully saturated rings. The Morgan fingerprint density at radius 2 is 1.72 bits per heavy atom. The second kappa shape index (κ2) is 9.78. The predicted molar refractivity (Wildman–Crippen MR) is 111 cm³/mol. The molecule has 0 aromatic heterocycles. The number of carbonyl (C=O) groups excluding carboxylic acids is 2. The van der Waals surface area contributed by atoms with Crippen molar-refractivity contribution in [1.82, 2.24) is 4.90 Å². The van der Waals surface area contributed by atoms with Crippen LogP contribution in [0, 0.1) is 0 Å². The van der Waals surface area contributed by atoms with Gasteiger partial charge in [0.05, 0.1) is 14.2 Å². The maximum absolute atomic E-state index is 12.5. The molecule has 6 heteroatoms. The molecule has 1 aliphatic rings. The number of carbonyl (C=O) groups is 2. The number of amides is 1. The normalized spacial score (nSPS) is 13.5. The first-order valence-corrected chi connectivity index (χ1v) is 9.56. The van der Waals surface area contributed by atoms with Gasteiger partial charge in [-0.3, -0.25) is 9.59 Å². The first kappa shape index (κ1) is 20.5. The summed E-state index contributed by atoms with van der Waals surface area (Å²) in [7, 11) is 3.13. The van der Waals surface area contributed by atoms with Crippen LogP contribution < -0.4 is 14.2 Å². The maximum atomic E-state index is 12.5. The largest absolute Gasteiger partial charge is 0.493 e. The van der Waals surface area contributed by atoms with Crippen molar-refractivity contribution >= 4 is 17.8 Å². The van der Waals surface area contributed by atoms with Crippen LogP contribution in [-0.4, -0.2) is 50.5 Å². The third-order valence-corrected chi connectivity index (χ3v) is 4.81. The van der Waals surface area contributed by atoms with Gasteiger partial charge in [-0.2, -0.15) is 0 Å². The van der Waals surface area contributed by atoms with Crippen LogP contribution in [-0.2, 0) is 4.79 Å². The lowest BCUT2D eigenvalue weighted by Gasteiger charge is -2.15. The number of para-hydroxylation sites is 1. The Morgan fingerprint density at radius 1 is 1.00 bits per heavy atom. The molecule has 0 aliphatic carbocycles. The summed E-state index contributed by atoms with van der Waals surface area (Å²) < 4.78 is 16.2. The average molecular weight is 395 g/mol. The van der Waals surface area contributed by atoms with E-state index >= 15 is 0 Å². The fourth-order valence-electron chi connectivity index (χ4n) is 3.22. The van der Waals surface area contributed by atoms with Crippen LogP contribution in [0.25, 0.3) is 6.08 Å². The Morgan fingerprint density at radius 3 is 2.38 bits per heavy atom. The van der Waals surface area contributed by atoms with Crippen LogP contribution in [0.2, 0.25) is 0 Å². The number of methoxy groups -OCH3 is 2. The van der Waals surface area contributed by atoms with E-state index in [1.54, 1.807) is 50.6 Å². The van der Waals surface area contributed by atoms with Gasteiger partial charge in [-0.25, -0.2) is 0 Å². The maximum Gasteiger partial charge on any atom is 0.260 e. The van der Waals surface area contributed by atoms with Crippen molar-refractivity contribution in [2.75, 3.05) is 33.9 Å². The van der Waals surface area contributed by atoms with E-state index in [2.05, 4.69) is 0 Å². The average Bonchev–Trinajstić information content (AvgIpc) is 3.30. The fraction of sp³-hybridized carbons (Fsp3) is 0.304. The van der Waals surface area contributed by atoms with E-state index in [4.69, 9.17) is 14.2 Å². The van der Waals surface area contributed by atoms with Gasteiger partial charge in [-0.05, 0) is 55.3 Å². The van der Waals surface area contributed by atoms with Crippen LogP contribution in [0.4, 0.5) is 0 Å². The summed E-state index contributed by atoms with van der Waals surface area (Å²) in [6.45, 7) is 1.63. The zero-order chi connectivity index (χ0) is 20.6. The highest BCUT2D eigenvalue weighted by molar-refractivity contribution is 6.07. The summed E-state index contributed by atoms with van der Waals surface area (Å²) in [5.41, 5.74) is 1.28. The van der Waals surface area contributed by atoms with E-state index in [-0.39, 0.29) is 18.3 Å². The molecule has 0 N–H and O–H groups in total. The van der Waals surface area contributed by atoms with Crippen molar-refractivity contribution < 1.29 is 23.8 Å². The van der Waals surface area contributed by atoms with Crippen LogP contribution in [0.1, 0.15) is 28.8 Å². The van der Waals surface area contributed by atoms with Crippen LogP contribution in [0.3, 0.4) is 0 Å². The zero-order valence-corrected chi connectivity index (χ0v) is 16.7. The van der Waals surface area contributed by atoms with E-state index in [0.29, 0.717) is 22.8 Å². The van der Waals surface area contributed by atoms with E-state index in [1.807, 2.05) is 17.0 Å². The molecule has 6 nitrogen and oxygen atoms in total. The lowest BCUT2D eigenvalue weighted by molar-refractivity contribution is -0.132. The number of ketones is 1. The molecule has 152 valence electrons. The van der Waals surface area contributed by atoms with Gasteiger partial charge in [0.2, 0.25) is 0 Å². The molecular weight excluding hydrogens is 370 g/mol. The molecule has 0 atom stereocenters. The van der Waals surface area contributed by atoms with Gasteiger partial charge in [0.15, 0.2) is 23.9 Å². The monoisotopic (exact) mass is 395 g/mol. The minimum atomic E-state index is -0.144. The van der Waals surface area contributed by atoms with E-state index < -0.39 is 0 Å². The number of rotatable bonds is 8. The molecule has 3 rings (SSSR count). The Balaban J connectivity index is 1.60. The minimum Gasteiger partial charge on any atom is -0.493 e. The highest BCUT2D eigenvalue weighted by Gasteiger charge is 2.18. The Labute approximate surface area is 170 Å². The summed E-state index contributed by atoms with van der Waals surface area (Å²) >= 11 is 0. The van der Waals surface area contributed by atoms with Crippen LogP contribution >= 0.6 is 0 Å². The summed E-state index contributed by atoms with van der Waals surface area (Å²) in [4.78, 5) is 26.3. The molecule has 1 aliphatic heterocycles. The Kier molecular flexibility index (Phi) is 6.89. The number of hydrogen-bond donors (Lipinski definition) is 0. The molecule has 0 spiro atoms. The number of hydrogen-bond acceptors (Lipinski definition) is 5. The predicted octanol–water partition coefficient (Wildman–Crippen LogP) is 3.60.